The largest absolute Gasteiger partial charge is 0.328 e. The number of hydrogen-bond donors (Lipinski definition) is 1. The van der Waals surface area contributed by atoms with E-state index in [1.165, 1.54) is 32.1 Å². The average molecular weight is 385 g/mol. The normalized spacial score (nSPS) is 46.4. The van der Waals surface area contributed by atoms with Gasteiger partial charge in [0.1, 0.15) is 0 Å². The maximum absolute atomic E-state index is 13.6. The van der Waals surface area contributed by atoms with Gasteiger partial charge in [0.25, 0.3) is 0 Å². The molecule has 0 aromatic rings. The Kier molecular flexibility index (Phi) is 4.89. The Morgan fingerprint density at radius 3 is 2.11 bits per heavy atom. The summed E-state index contributed by atoms with van der Waals surface area (Å²) in [5, 5.41) is 0. The standard InChI is InChI=1S/C24H36N2O2/c25-18-8-7-13-24(15-18)12-6-4-2-1-3-5-9-19(24)26-22(27)20-16-10-11-17(14-16)21(20)23(26)28/h10-11,16-21H,1-9,12-15,25H2. The summed E-state index contributed by atoms with van der Waals surface area (Å²) in [5.74, 6) is 0.806. The van der Waals surface area contributed by atoms with Gasteiger partial charge < -0.3 is 5.73 Å². The van der Waals surface area contributed by atoms with Crippen molar-refractivity contribution in [1.29, 1.82) is 0 Å². The third kappa shape index (κ3) is 2.89. The molecule has 4 fully saturated rings. The minimum atomic E-state index is -0.0628. The van der Waals surface area contributed by atoms with Crippen molar-refractivity contribution in [3.05, 3.63) is 12.2 Å². The average Bonchev–Trinajstić information content (AvgIpc) is 3.35. The van der Waals surface area contributed by atoms with Gasteiger partial charge in [-0.05, 0) is 55.8 Å². The van der Waals surface area contributed by atoms with Crippen molar-refractivity contribution in [3.63, 3.8) is 0 Å². The fraction of sp³-hybridized carbons (Fsp3) is 0.833. The lowest BCUT2D eigenvalue weighted by molar-refractivity contribution is -0.149. The molecule has 1 heterocycles. The quantitative estimate of drug-likeness (QED) is 0.545. The minimum absolute atomic E-state index is 0.0610. The SMILES string of the molecule is NC1CCCC2(CCCCCCCCC2N2C(=O)C3C4C=CC(C4)C3C2=O)C1. The molecule has 5 aliphatic rings. The molecule has 154 valence electrons. The molecule has 4 aliphatic carbocycles. The van der Waals surface area contributed by atoms with Crippen LogP contribution in [0.4, 0.5) is 0 Å². The molecule has 2 amide bonds. The first-order chi connectivity index (χ1) is 13.6. The van der Waals surface area contributed by atoms with Crippen LogP contribution in [0.5, 0.6) is 0 Å². The van der Waals surface area contributed by atoms with Gasteiger partial charge in [0.15, 0.2) is 0 Å². The van der Waals surface area contributed by atoms with Crippen LogP contribution in [0, 0.1) is 29.1 Å². The number of carbonyl (C=O) groups is 2. The third-order valence-corrected chi connectivity index (χ3v) is 8.84. The van der Waals surface area contributed by atoms with Crippen LogP contribution >= 0.6 is 0 Å². The number of nitrogens with zero attached hydrogens (tertiary/aromatic N) is 1. The van der Waals surface area contributed by atoms with Gasteiger partial charge in [-0.3, -0.25) is 14.5 Å². The van der Waals surface area contributed by atoms with Gasteiger partial charge in [0.05, 0.1) is 11.8 Å². The third-order valence-electron chi connectivity index (χ3n) is 8.84. The highest BCUT2D eigenvalue weighted by molar-refractivity contribution is 6.06. The first-order valence-electron chi connectivity index (χ1n) is 11.9. The van der Waals surface area contributed by atoms with Crippen LogP contribution in [0.25, 0.3) is 0 Å². The maximum Gasteiger partial charge on any atom is 0.233 e. The van der Waals surface area contributed by atoms with E-state index in [9.17, 15) is 9.59 Å². The molecular formula is C24H36N2O2. The highest BCUT2D eigenvalue weighted by Crippen LogP contribution is 2.55. The Hall–Kier alpha value is -1.16. The van der Waals surface area contributed by atoms with E-state index in [0.29, 0.717) is 11.8 Å². The van der Waals surface area contributed by atoms with E-state index in [2.05, 4.69) is 12.2 Å². The molecule has 3 saturated carbocycles. The number of hydrogen-bond acceptors (Lipinski definition) is 3. The topological polar surface area (TPSA) is 63.4 Å². The predicted molar refractivity (Wildman–Crippen MR) is 109 cm³/mol. The first kappa shape index (κ1) is 18.8. The number of carbonyl (C=O) groups excluding carboxylic acids is 2. The molecule has 4 heteroatoms. The van der Waals surface area contributed by atoms with E-state index in [-0.39, 0.29) is 41.1 Å². The van der Waals surface area contributed by atoms with Crippen LogP contribution in [0.1, 0.15) is 83.5 Å². The fourth-order valence-corrected chi connectivity index (χ4v) is 7.60. The summed E-state index contributed by atoms with van der Waals surface area (Å²) in [6.07, 6.45) is 19.4. The number of fused-ring (bicyclic) bond motifs is 5. The van der Waals surface area contributed by atoms with Gasteiger partial charge >= 0.3 is 0 Å². The van der Waals surface area contributed by atoms with Gasteiger partial charge in [-0.15, -0.1) is 0 Å². The lowest BCUT2D eigenvalue weighted by Crippen LogP contribution is -2.54. The highest BCUT2D eigenvalue weighted by atomic mass is 16.2. The summed E-state index contributed by atoms with van der Waals surface area (Å²) in [7, 11) is 0. The summed E-state index contributed by atoms with van der Waals surface area (Å²) in [6, 6.07) is 0.311. The molecule has 0 aromatic carbocycles. The number of allylic oxidation sites excluding steroid dienone is 2. The molecule has 7 unspecified atom stereocenters. The zero-order valence-corrected chi connectivity index (χ0v) is 17.2. The Balaban J connectivity index is 1.48. The van der Waals surface area contributed by atoms with Crippen molar-refractivity contribution < 1.29 is 9.59 Å². The number of rotatable bonds is 1. The predicted octanol–water partition coefficient (Wildman–Crippen LogP) is 4.18. The van der Waals surface area contributed by atoms with Crippen molar-refractivity contribution in [2.45, 2.75) is 95.6 Å². The van der Waals surface area contributed by atoms with Crippen LogP contribution in [-0.4, -0.2) is 28.8 Å². The van der Waals surface area contributed by atoms with Crippen LogP contribution in [0.3, 0.4) is 0 Å². The zero-order chi connectivity index (χ0) is 19.3. The Bertz CT molecular complexity index is 644. The van der Waals surface area contributed by atoms with Crippen LogP contribution < -0.4 is 5.73 Å². The van der Waals surface area contributed by atoms with E-state index < -0.39 is 0 Å². The molecule has 4 nitrogen and oxygen atoms in total. The van der Waals surface area contributed by atoms with Crippen LogP contribution in [0.2, 0.25) is 0 Å². The lowest BCUT2D eigenvalue weighted by Gasteiger charge is -2.49. The van der Waals surface area contributed by atoms with Crippen molar-refractivity contribution in [2.75, 3.05) is 0 Å². The molecule has 1 saturated heterocycles. The first-order valence-corrected chi connectivity index (χ1v) is 11.9. The smallest absolute Gasteiger partial charge is 0.233 e. The van der Waals surface area contributed by atoms with E-state index in [4.69, 9.17) is 5.73 Å². The number of amides is 2. The molecule has 7 atom stereocenters. The Morgan fingerprint density at radius 2 is 1.43 bits per heavy atom. The number of likely N-dealkylation sites (tertiary alicyclic amines) is 1. The van der Waals surface area contributed by atoms with E-state index in [1.54, 1.807) is 0 Å². The molecule has 0 radical (unpaired) electrons. The van der Waals surface area contributed by atoms with Crippen molar-refractivity contribution >= 4 is 11.8 Å². The Labute approximate surface area is 169 Å². The fourth-order valence-electron chi connectivity index (χ4n) is 7.60. The molecular weight excluding hydrogens is 348 g/mol. The van der Waals surface area contributed by atoms with Gasteiger partial charge in [0.2, 0.25) is 11.8 Å². The second kappa shape index (κ2) is 7.27. The molecule has 1 spiro atoms. The highest BCUT2D eigenvalue weighted by Gasteiger charge is 2.62. The molecule has 0 aromatic heterocycles. The molecule has 28 heavy (non-hydrogen) atoms. The second-order valence-electron chi connectivity index (χ2n) is 10.4. The van der Waals surface area contributed by atoms with Crippen molar-refractivity contribution in [2.24, 2.45) is 34.8 Å². The zero-order valence-electron chi connectivity index (χ0n) is 17.2. The summed E-state index contributed by atoms with van der Waals surface area (Å²) in [6.45, 7) is 0. The number of imide groups is 1. The maximum atomic E-state index is 13.6. The van der Waals surface area contributed by atoms with Gasteiger partial charge in [-0.1, -0.05) is 57.1 Å². The van der Waals surface area contributed by atoms with Crippen molar-refractivity contribution in [3.8, 4) is 0 Å². The molecule has 1 aliphatic heterocycles. The summed E-state index contributed by atoms with van der Waals surface area (Å²) in [5.41, 5.74) is 6.54. The lowest BCUT2D eigenvalue weighted by atomic mass is 9.63. The van der Waals surface area contributed by atoms with Gasteiger partial charge in [-0.25, -0.2) is 0 Å². The summed E-state index contributed by atoms with van der Waals surface area (Å²) >= 11 is 0. The van der Waals surface area contributed by atoms with E-state index in [0.717, 1.165) is 51.4 Å². The van der Waals surface area contributed by atoms with E-state index in [1.807, 2.05) is 4.90 Å². The molecule has 2 bridgehead atoms. The van der Waals surface area contributed by atoms with Gasteiger partial charge in [-0.2, -0.15) is 0 Å². The van der Waals surface area contributed by atoms with Crippen LogP contribution in [0.15, 0.2) is 12.2 Å². The molecule has 2 N–H and O–H groups in total. The van der Waals surface area contributed by atoms with Crippen LogP contribution in [-0.2, 0) is 9.59 Å². The summed E-state index contributed by atoms with van der Waals surface area (Å²) < 4.78 is 0. The summed E-state index contributed by atoms with van der Waals surface area (Å²) in [4.78, 5) is 29.0. The van der Waals surface area contributed by atoms with Gasteiger partial charge in [0, 0.05) is 12.1 Å². The minimum Gasteiger partial charge on any atom is -0.328 e. The Morgan fingerprint density at radius 1 is 0.821 bits per heavy atom. The molecule has 5 rings (SSSR count). The second-order valence-corrected chi connectivity index (χ2v) is 10.4. The monoisotopic (exact) mass is 384 g/mol. The van der Waals surface area contributed by atoms with Crippen molar-refractivity contribution in [1.82, 2.24) is 4.90 Å². The van der Waals surface area contributed by atoms with E-state index >= 15 is 0 Å². The number of nitrogens with two attached hydrogens (primary N) is 1.